The second-order valence-electron chi connectivity index (χ2n) is 6.77. The molecular formula is C21H19N5O4S2. The molecule has 9 nitrogen and oxygen atoms in total. The number of thioether (sulfide) groups is 1. The van der Waals surface area contributed by atoms with Gasteiger partial charge < -0.3 is 9.73 Å². The maximum Gasteiger partial charge on any atom is 0.238 e. The van der Waals surface area contributed by atoms with Crippen molar-refractivity contribution in [1.29, 1.82) is 0 Å². The first-order chi connectivity index (χ1) is 15.3. The van der Waals surface area contributed by atoms with Crippen LogP contribution >= 0.6 is 11.8 Å². The predicted octanol–water partition coefficient (Wildman–Crippen LogP) is 3.29. The van der Waals surface area contributed by atoms with Gasteiger partial charge in [0.15, 0.2) is 10.9 Å². The summed E-state index contributed by atoms with van der Waals surface area (Å²) in [5, 5.41) is 16.4. The molecule has 164 valence electrons. The number of hydrogen-bond donors (Lipinski definition) is 2. The Morgan fingerprint density at radius 2 is 1.78 bits per heavy atom. The summed E-state index contributed by atoms with van der Waals surface area (Å²) in [5.41, 5.74) is 1.29. The Labute approximate surface area is 188 Å². The van der Waals surface area contributed by atoms with Crippen LogP contribution in [0.5, 0.6) is 0 Å². The third-order valence-electron chi connectivity index (χ3n) is 4.49. The van der Waals surface area contributed by atoms with Gasteiger partial charge in [-0.05, 0) is 55.5 Å². The Bertz CT molecular complexity index is 1320. The molecule has 32 heavy (non-hydrogen) atoms. The number of primary sulfonamides is 1. The predicted molar refractivity (Wildman–Crippen MR) is 121 cm³/mol. The van der Waals surface area contributed by atoms with Crippen molar-refractivity contribution in [2.45, 2.75) is 22.2 Å². The van der Waals surface area contributed by atoms with Crippen LogP contribution in [0.3, 0.4) is 0 Å². The number of aromatic nitrogens is 3. The average Bonchev–Trinajstić information content (AvgIpc) is 3.44. The number of carbonyl (C=O) groups excluding carboxylic acids is 1. The maximum atomic E-state index is 12.7. The lowest BCUT2D eigenvalue weighted by molar-refractivity contribution is -0.115. The molecule has 3 N–H and O–H groups in total. The molecule has 0 aliphatic carbocycles. The van der Waals surface area contributed by atoms with Gasteiger partial charge >= 0.3 is 0 Å². The molecule has 0 bridgehead atoms. The number of hydrogen-bond acceptors (Lipinski definition) is 7. The summed E-state index contributed by atoms with van der Waals surface area (Å²) in [7, 11) is -3.80. The van der Waals surface area contributed by atoms with Crippen LogP contribution in [0.1, 0.15) is 6.92 Å². The minimum atomic E-state index is -3.80. The molecule has 0 fully saturated rings. The number of amides is 1. The number of benzene rings is 2. The number of nitrogens with zero attached hydrogens (tertiary/aromatic N) is 3. The van der Waals surface area contributed by atoms with Crippen molar-refractivity contribution in [1.82, 2.24) is 14.8 Å². The van der Waals surface area contributed by atoms with E-state index in [1.54, 1.807) is 25.3 Å². The molecule has 0 saturated heterocycles. The summed E-state index contributed by atoms with van der Waals surface area (Å²) in [6.45, 7) is 1.75. The zero-order valence-corrected chi connectivity index (χ0v) is 18.5. The Kier molecular flexibility index (Phi) is 6.12. The number of sulfonamides is 1. The Balaban J connectivity index is 1.55. The molecule has 0 radical (unpaired) electrons. The van der Waals surface area contributed by atoms with Crippen LogP contribution in [-0.4, -0.2) is 34.3 Å². The van der Waals surface area contributed by atoms with Crippen LogP contribution in [0, 0.1) is 0 Å². The summed E-state index contributed by atoms with van der Waals surface area (Å²) in [6, 6.07) is 18.7. The molecule has 0 saturated carbocycles. The first-order valence-corrected chi connectivity index (χ1v) is 11.9. The van der Waals surface area contributed by atoms with Gasteiger partial charge in [0.2, 0.25) is 21.8 Å². The van der Waals surface area contributed by atoms with E-state index >= 15 is 0 Å². The van der Waals surface area contributed by atoms with E-state index in [9.17, 15) is 13.2 Å². The zero-order valence-electron chi connectivity index (χ0n) is 16.9. The van der Waals surface area contributed by atoms with Crippen molar-refractivity contribution in [3.8, 4) is 17.3 Å². The van der Waals surface area contributed by atoms with Gasteiger partial charge in [-0.15, -0.1) is 10.2 Å². The topological polar surface area (TPSA) is 133 Å². The second-order valence-corrected chi connectivity index (χ2v) is 9.64. The summed E-state index contributed by atoms with van der Waals surface area (Å²) in [6.07, 6.45) is 1.56. The highest BCUT2D eigenvalue weighted by molar-refractivity contribution is 8.00. The van der Waals surface area contributed by atoms with Gasteiger partial charge in [0, 0.05) is 11.4 Å². The third kappa shape index (κ3) is 4.74. The molecular weight excluding hydrogens is 450 g/mol. The van der Waals surface area contributed by atoms with E-state index in [-0.39, 0.29) is 10.8 Å². The SMILES string of the molecule is CC(Sc1nnc(-c2ccco2)n1-c1ccccc1)C(=O)Nc1ccc(S(N)(=O)=O)cc1. The van der Waals surface area contributed by atoms with E-state index in [4.69, 9.17) is 9.56 Å². The molecule has 0 aliphatic heterocycles. The highest BCUT2D eigenvalue weighted by atomic mass is 32.2. The summed E-state index contributed by atoms with van der Waals surface area (Å²) in [5.74, 6) is 0.802. The first-order valence-electron chi connectivity index (χ1n) is 9.48. The second kappa shape index (κ2) is 8.99. The number of furan rings is 1. The Morgan fingerprint density at radius 3 is 2.41 bits per heavy atom. The van der Waals surface area contributed by atoms with Crippen molar-refractivity contribution in [3.63, 3.8) is 0 Å². The normalized spacial score (nSPS) is 12.4. The van der Waals surface area contributed by atoms with Crippen molar-refractivity contribution in [2.24, 2.45) is 5.14 Å². The van der Waals surface area contributed by atoms with Crippen molar-refractivity contribution in [2.75, 3.05) is 5.32 Å². The molecule has 1 unspecified atom stereocenters. The van der Waals surface area contributed by atoms with E-state index in [0.717, 1.165) is 5.69 Å². The van der Waals surface area contributed by atoms with Gasteiger partial charge in [0.05, 0.1) is 16.4 Å². The molecule has 0 aliphatic rings. The lowest BCUT2D eigenvalue weighted by Gasteiger charge is -2.13. The van der Waals surface area contributed by atoms with Gasteiger partial charge in [-0.25, -0.2) is 13.6 Å². The number of rotatable bonds is 7. The van der Waals surface area contributed by atoms with E-state index in [1.165, 1.54) is 36.0 Å². The molecule has 1 amide bonds. The van der Waals surface area contributed by atoms with Crippen LogP contribution < -0.4 is 10.5 Å². The summed E-state index contributed by atoms with van der Waals surface area (Å²) < 4.78 is 30.1. The molecule has 2 heterocycles. The Hall–Kier alpha value is -3.41. The van der Waals surface area contributed by atoms with E-state index in [2.05, 4.69) is 15.5 Å². The van der Waals surface area contributed by atoms with Gasteiger partial charge in [0.1, 0.15) is 0 Å². The first kappa shape index (κ1) is 21.8. The number of nitrogens with two attached hydrogens (primary N) is 1. The fraction of sp³-hybridized carbons (Fsp3) is 0.0952. The Morgan fingerprint density at radius 1 is 1.06 bits per heavy atom. The third-order valence-corrected chi connectivity index (χ3v) is 6.46. The number of para-hydroxylation sites is 1. The van der Waals surface area contributed by atoms with Gasteiger partial charge in [-0.2, -0.15) is 0 Å². The largest absolute Gasteiger partial charge is 0.461 e. The molecule has 4 rings (SSSR count). The van der Waals surface area contributed by atoms with Gasteiger partial charge in [0.25, 0.3) is 0 Å². The van der Waals surface area contributed by atoms with E-state index < -0.39 is 15.3 Å². The van der Waals surface area contributed by atoms with Crippen LogP contribution in [0.2, 0.25) is 0 Å². The lowest BCUT2D eigenvalue weighted by Crippen LogP contribution is -2.23. The van der Waals surface area contributed by atoms with Crippen molar-refractivity contribution >= 4 is 33.4 Å². The summed E-state index contributed by atoms with van der Waals surface area (Å²) >= 11 is 1.24. The monoisotopic (exact) mass is 469 g/mol. The average molecular weight is 470 g/mol. The molecule has 2 aromatic carbocycles. The number of anilines is 1. The smallest absolute Gasteiger partial charge is 0.238 e. The highest BCUT2D eigenvalue weighted by Crippen LogP contribution is 2.30. The van der Waals surface area contributed by atoms with Crippen molar-refractivity contribution < 1.29 is 17.6 Å². The standard InChI is InChI=1S/C21H19N5O4S2/c1-14(20(27)23-15-9-11-17(12-10-15)32(22,28)29)31-21-25-24-19(18-8-5-13-30-18)26(21)16-6-3-2-4-7-16/h2-14H,1H3,(H,23,27)(H2,22,28,29). The van der Waals surface area contributed by atoms with E-state index in [1.807, 2.05) is 34.9 Å². The molecule has 4 aromatic rings. The zero-order chi connectivity index (χ0) is 22.7. The molecule has 1 atom stereocenters. The van der Waals surface area contributed by atoms with Crippen LogP contribution in [0.4, 0.5) is 5.69 Å². The number of nitrogens with one attached hydrogen (secondary N) is 1. The highest BCUT2D eigenvalue weighted by Gasteiger charge is 2.23. The van der Waals surface area contributed by atoms with Crippen LogP contribution in [0.15, 0.2) is 87.5 Å². The number of carbonyl (C=O) groups is 1. The molecule has 11 heteroatoms. The molecule has 0 spiro atoms. The minimum Gasteiger partial charge on any atom is -0.461 e. The van der Waals surface area contributed by atoms with Crippen LogP contribution in [0.25, 0.3) is 17.3 Å². The maximum absolute atomic E-state index is 12.7. The minimum absolute atomic E-state index is 0.0284. The fourth-order valence-electron chi connectivity index (χ4n) is 2.90. The van der Waals surface area contributed by atoms with E-state index in [0.29, 0.717) is 22.4 Å². The van der Waals surface area contributed by atoms with Crippen LogP contribution in [-0.2, 0) is 14.8 Å². The quantitative estimate of drug-likeness (QED) is 0.397. The molecule has 2 aromatic heterocycles. The lowest BCUT2D eigenvalue weighted by atomic mass is 10.3. The fourth-order valence-corrected chi connectivity index (χ4v) is 4.29. The summed E-state index contributed by atoms with van der Waals surface area (Å²) in [4.78, 5) is 12.7. The van der Waals surface area contributed by atoms with Crippen molar-refractivity contribution in [3.05, 3.63) is 73.0 Å². The van der Waals surface area contributed by atoms with Gasteiger partial charge in [-0.1, -0.05) is 30.0 Å². The van der Waals surface area contributed by atoms with Gasteiger partial charge in [-0.3, -0.25) is 9.36 Å².